The number of hydrogen-bond donors (Lipinski definition) is 0. The third kappa shape index (κ3) is 3.50. The number of thioether (sulfide) groups is 1. The van der Waals surface area contributed by atoms with Gasteiger partial charge in [-0.1, -0.05) is 48.2 Å². The molecular weight excluding hydrogens is 358 g/mol. The van der Waals surface area contributed by atoms with Crippen LogP contribution in [-0.2, 0) is 0 Å². The number of aromatic nitrogens is 5. The fraction of sp³-hybridized carbons (Fsp3) is 0.200. The van der Waals surface area contributed by atoms with Crippen LogP contribution in [0.2, 0.25) is 0 Å². The maximum absolute atomic E-state index is 5.88. The molecule has 0 bridgehead atoms. The van der Waals surface area contributed by atoms with Crippen molar-refractivity contribution in [1.29, 1.82) is 0 Å². The highest BCUT2D eigenvalue weighted by atomic mass is 32.2. The predicted molar refractivity (Wildman–Crippen MR) is 105 cm³/mol. The molecule has 2 heterocycles. The van der Waals surface area contributed by atoms with Gasteiger partial charge < -0.3 is 4.42 Å². The Morgan fingerprint density at radius 1 is 0.889 bits per heavy atom. The minimum absolute atomic E-state index is 0.0543. The van der Waals surface area contributed by atoms with Gasteiger partial charge in [0.1, 0.15) is 5.82 Å². The van der Waals surface area contributed by atoms with Crippen LogP contribution in [0.1, 0.15) is 29.5 Å². The van der Waals surface area contributed by atoms with E-state index in [1.807, 2.05) is 56.3 Å². The summed E-state index contributed by atoms with van der Waals surface area (Å²) in [6, 6.07) is 18.0. The summed E-state index contributed by atoms with van der Waals surface area (Å²) in [5, 5.41) is 17.8. The minimum Gasteiger partial charge on any atom is -0.419 e. The second-order valence-corrected chi connectivity index (χ2v) is 7.53. The highest BCUT2D eigenvalue weighted by Gasteiger charge is 2.21. The van der Waals surface area contributed by atoms with Crippen molar-refractivity contribution in [3.8, 4) is 17.1 Å². The first kappa shape index (κ1) is 17.5. The summed E-state index contributed by atoms with van der Waals surface area (Å²) in [6.45, 7) is 6.06. The van der Waals surface area contributed by atoms with Gasteiger partial charge >= 0.3 is 0 Å². The molecule has 0 amide bonds. The van der Waals surface area contributed by atoms with Gasteiger partial charge in [-0.2, -0.15) is 0 Å². The van der Waals surface area contributed by atoms with Gasteiger partial charge in [-0.25, -0.2) is 0 Å². The molecular formula is C20H19N5OS. The van der Waals surface area contributed by atoms with Crippen LogP contribution in [0.15, 0.2) is 64.2 Å². The molecule has 2 aromatic heterocycles. The summed E-state index contributed by atoms with van der Waals surface area (Å²) in [4.78, 5) is 0. The van der Waals surface area contributed by atoms with E-state index in [1.54, 1.807) is 11.8 Å². The van der Waals surface area contributed by atoms with Crippen LogP contribution in [0.25, 0.3) is 17.1 Å². The van der Waals surface area contributed by atoms with Gasteiger partial charge in [0.15, 0.2) is 5.16 Å². The lowest BCUT2D eigenvalue weighted by Gasteiger charge is -2.12. The van der Waals surface area contributed by atoms with Gasteiger partial charge in [0, 0.05) is 5.56 Å². The Morgan fingerprint density at radius 2 is 1.63 bits per heavy atom. The molecule has 4 rings (SSSR count). The Kier molecular flexibility index (Phi) is 4.77. The van der Waals surface area contributed by atoms with Gasteiger partial charge in [-0.15, -0.1) is 20.4 Å². The van der Waals surface area contributed by atoms with E-state index in [2.05, 4.69) is 44.0 Å². The van der Waals surface area contributed by atoms with Crippen molar-refractivity contribution in [2.24, 2.45) is 0 Å². The van der Waals surface area contributed by atoms with Gasteiger partial charge in [-0.3, -0.25) is 4.57 Å². The molecule has 0 radical (unpaired) electrons. The lowest BCUT2D eigenvalue weighted by atomic mass is 10.2. The first-order chi connectivity index (χ1) is 13.1. The van der Waals surface area contributed by atoms with Crippen molar-refractivity contribution in [1.82, 2.24) is 25.0 Å². The fourth-order valence-corrected chi connectivity index (χ4v) is 3.75. The molecule has 1 atom stereocenters. The summed E-state index contributed by atoms with van der Waals surface area (Å²) in [5.41, 5.74) is 3.15. The monoisotopic (exact) mass is 377 g/mol. The molecule has 4 aromatic rings. The number of aryl methyl sites for hydroxylation is 2. The molecule has 0 fully saturated rings. The Bertz CT molecular complexity index is 1060. The normalized spacial score (nSPS) is 12.3. The number of nitrogens with zero attached hydrogens (tertiary/aromatic N) is 5. The maximum atomic E-state index is 5.88. The molecule has 0 saturated carbocycles. The maximum Gasteiger partial charge on any atom is 0.247 e. The highest BCUT2D eigenvalue weighted by molar-refractivity contribution is 7.99. The van der Waals surface area contributed by atoms with Gasteiger partial charge in [0.2, 0.25) is 11.8 Å². The van der Waals surface area contributed by atoms with Crippen molar-refractivity contribution >= 4 is 11.8 Å². The van der Waals surface area contributed by atoms with Gasteiger partial charge in [0.25, 0.3) is 0 Å². The van der Waals surface area contributed by atoms with Crippen LogP contribution in [0, 0.1) is 13.8 Å². The van der Waals surface area contributed by atoms with E-state index in [1.165, 1.54) is 5.56 Å². The lowest BCUT2D eigenvalue weighted by Crippen LogP contribution is -2.02. The first-order valence-electron chi connectivity index (χ1n) is 8.67. The summed E-state index contributed by atoms with van der Waals surface area (Å²) in [6.07, 6.45) is 0. The zero-order chi connectivity index (χ0) is 18.8. The van der Waals surface area contributed by atoms with E-state index in [9.17, 15) is 0 Å². The first-order valence-corrected chi connectivity index (χ1v) is 9.55. The predicted octanol–water partition coefficient (Wildman–Crippen LogP) is 4.79. The van der Waals surface area contributed by atoms with Crippen LogP contribution >= 0.6 is 11.8 Å². The van der Waals surface area contributed by atoms with E-state index in [-0.39, 0.29) is 5.25 Å². The van der Waals surface area contributed by atoms with Crippen LogP contribution < -0.4 is 0 Å². The van der Waals surface area contributed by atoms with Crippen LogP contribution in [0.3, 0.4) is 0 Å². The smallest absolute Gasteiger partial charge is 0.247 e. The summed E-state index contributed by atoms with van der Waals surface area (Å²) in [5.74, 6) is 1.93. The molecule has 1 unspecified atom stereocenters. The average Bonchev–Trinajstić information content (AvgIpc) is 3.31. The van der Waals surface area contributed by atoms with Crippen molar-refractivity contribution in [2.75, 3.05) is 0 Å². The number of hydrogen-bond acceptors (Lipinski definition) is 6. The topological polar surface area (TPSA) is 69.6 Å². The molecule has 136 valence electrons. The Hall–Kier alpha value is -2.93. The molecule has 0 aliphatic rings. The van der Waals surface area contributed by atoms with Crippen molar-refractivity contribution in [3.05, 3.63) is 71.9 Å². The van der Waals surface area contributed by atoms with Crippen LogP contribution in [-0.4, -0.2) is 25.0 Å². The molecule has 0 aliphatic heterocycles. The molecule has 2 aromatic carbocycles. The zero-order valence-electron chi connectivity index (χ0n) is 15.3. The lowest BCUT2D eigenvalue weighted by molar-refractivity contribution is 0.509. The van der Waals surface area contributed by atoms with Crippen molar-refractivity contribution in [3.63, 3.8) is 0 Å². The quantitative estimate of drug-likeness (QED) is 0.466. The van der Waals surface area contributed by atoms with Crippen molar-refractivity contribution < 1.29 is 4.42 Å². The second-order valence-electron chi connectivity index (χ2n) is 6.22. The molecule has 27 heavy (non-hydrogen) atoms. The molecule has 0 aliphatic carbocycles. The fourth-order valence-electron chi connectivity index (χ4n) is 2.82. The molecule has 7 heteroatoms. The van der Waals surface area contributed by atoms with E-state index in [4.69, 9.17) is 4.42 Å². The second kappa shape index (κ2) is 7.36. The Balaban J connectivity index is 1.61. The molecule has 0 N–H and O–H groups in total. The zero-order valence-corrected chi connectivity index (χ0v) is 16.1. The largest absolute Gasteiger partial charge is 0.419 e. The van der Waals surface area contributed by atoms with Crippen LogP contribution in [0.4, 0.5) is 0 Å². The van der Waals surface area contributed by atoms with Crippen LogP contribution in [0.5, 0.6) is 0 Å². The SMILES string of the molecule is Cc1ccccc1-n1c(C)nnc1SC(C)c1nnc(-c2ccccc2)o1. The third-order valence-corrected chi connectivity index (χ3v) is 5.27. The van der Waals surface area contributed by atoms with E-state index < -0.39 is 0 Å². The minimum atomic E-state index is -0.0543. The molecule has 6 nitrogen and oxygen atoms in total. The average molecular weight is 377 g/mol. The third-order valence-electron chi connectivity index (χ3n) is 4.24. The Morgan fingerprint density at radius 3 is 2.41 bits per heavy atom. The summed E-state index contributed by atoms with van der Waals surface area (Å²) >= 11 is 1.55. The molecule has 0 saturated heterocycles. The number of rotatable bonds is 5. The number of para-hydroxylation sites is 1. The summed E-state index contributed by atoms with van der Waals surface area (Å²) < 4.78 is 7.94. The van der Waals surface area contributed by atoms with Crippen molar-refractivity contribution in [2.45, 2.75) is 31.2 Å². The van der Waals surface area contributed by atoms with Gasteiger partial charge in [-0.05, 0) is 44.5 Å². The van der Waals surface area contributed by atoms with E-state index in [0.717, 1.165) is 22.2 Å². The van der Waals surface area contributed by atoms with E-state index in [0.29, 0.717) is 11.8 Å². The Labute approximate surface area is 161 Å². The number of benzene rings is 2. The summed E-state index contributed by atoms with van der Waals surface area (Å²) in [7, 11) is 0. The van der Waals surface area contributed by atoms with E-state index >= 15 is 0 Å². The molecule has 0 spiro atoms. The van der Waals surface area contributed by atoms with Gasteiger partial charge in [0.05, 0.1) is 10.9 Å². The standard InChI is InChI=1S/C20H19N5OS/c1-13-9-7-8-12-17(13)25-15(3)21-24-20(25)27-14(2)18-22-23-19(26-18)16-10-5-4-6-11-16/h4-12,14H,1-3H3. The highest BCUT2D eigenvalue weighted by Crippen LogP contribution is 2.35.